The van der Waals surface area contributed by atoms with Crippen molar-refractivity contribution in [2.24, 2.45) is 0 Å². The number of nitrogens with one attached hydrogen (secondary N) is 1. The van der Waals surface area contributed by atoms with E-state index in [0.29, 0.717) is 12.0 Å². The van der Waals surface area contributed by atoms with Crippen molar-refractivity contribution < 1.29 is 0 Å². The smallest absolute Gasteiger partial charge is 0.0400 e. The molecule has 18 heavy (non-hydrogen) atoms. The Labute approximate surface area is 110 Å². The highest BCUT2D eigenvalue weighted by Crippen LogP contribution is 2.30. The van der Waals surface area contributed by atoms with Crippen molar-refractivity contribution in [3.05, 3.63) is 29.8 Å². The van der Waals surface area contributed by atoms with Crippen molar-refractivity contribution in [3.8, 4) is 0 Å². The van der Waals surface area contributed by atoms with Gasteiger partial charge in [0, 0.05) is 30.9 Å². The van der Waals surface area contributed by atoms with Crippen LogP contribution in [0.25, 0.3) is 0 Å². The first kappa shape index (κ1) is 12.0. The second kappa shape index (κ2) is 4.93. The average molecular weight is 244 g/mol. The highest BCUT2D eigenvalue weighted by Gasteiger charge is 2.34. The Balaban J connectivity index is 1.60. The van der Waals surface area contributed by atoms with Crippen LogP contribution in [-0.4, -0.2) is 30.1 Å². The van der Waals surface area contributed by atoms with E-state index in [4.69, 9.17) is 0 Å². The van der Waals surface area contributed by atoms with Crippen molar-refractivity contribution in [3.63, 3.8) is 0 Å². The third kappa shape index (κ3) is 2.69. The number of nitrogens with zero attached hydrogens (tertiary/aromatic N) is 1. The fourth-order valence-corrected chi connectivity index (χ4v) is 2.90. The Kier molecular flexibility index (Phi) is 3.29. The number of likely N-dealkylation sites (tertiary alicyclic amines) is 1. The molecule has 0 aromatic heterocycles. The summed E-state index contributed by atoms with van der Waals surface area (Å²) in [6.07, 6.45) is 4.15. The predicted octanol–water partition coefficient (Wildman–Crippen LogP) is 3.46. The Morgan fingerprint density at radius 2 is 2.06 bits per heavy atom. The summed E-state index contributed by atoms with van der Waals surface area (Å²) in [5.41, 5.74) is 2.72. The second-order valence-electron chi connectivity index (χ2n) is 6.14. The van der Waals surface area contributed by atoms with E-state index in [0.717, 1.165) is 6.04 Å². The van der Waals surface area contributed by atoms with E-state index >= 15 is 0 Å². The van der Waals surface area contributed by atoms with Gasteiger partial charge in [0.15, 0.2) is 0 Å². The van der Waals surface area contributed by atoms with Gasteiger partial charge in [0.1, 0.15) is 0 Å². The molecule has 1 N–H and O–H groups in total. The first-order chi connectivity index (χ1) is 8.72. The Morgan fingerprint density at radius 3 is 2.78 bits per heavy atom. The molecule has 2 nitrogen and oxygen atoms in total. The molecule has 0 radical (unpaired) electrons. The SMILES string of the molecule is CC(C)c1cccc(NC2CCN(C3CC3)C2)c1. The standard InChI is InChI=1S/C16H24N2/c1-12(2)13-4-3-5-14(10-13)17-15-8-9-18(11-15)16-6-7-16/h3-5,10,12,15-17H,6-9,11H2,1-2H3. The fraction of sp³-hybridized carbons (Fsp3) is 0.625. The van der Waals surface area contributed by atoms with Gasteiger partial charge in [-0.1, -0.05) is 26.0 Å². The summed E-state index contributed by atoms with van der Waals surface area (Å²) in [5, 5.41) is 3.71. The number of rotatable bonds is 4. The molecule has 1 unspecified atom stereocenters. The first-order valence-electron chi connectivity index (χ1n) is 7.33. The maximum atomic E-state index is 3.71. The zero-order valence-electron chi connectivity index (χ0n) is 11.5. The lowest BCUT2D eigenvalue weighted by Gasteiger charge is -2.17. The molecule has 1 atom stereocenters. The van der Waals surface area contributed by atoms with Gasteiger partial charge < -0.3 is 5.32 Å². The fourth-order valence-electron chi connectivity index (χ4n) is 2.90. The number of hydrogen-bond donors (Lipinski definition) is 1. The second-order valence-corrected chi connectivity index (χ2v) is 6.14. The molecule has 2 heteroatoms. The number of benzene rings is 1. The molecule has 0 bridgehead atoms. The van der Waals surface area contributed by atoms with E-state index in [1.54, 1.807) is 0 Å². The third-order valence-electron chi connectivity index (χ3n) is 4.21. The molecule has 0 amide bonds. The van der Waals surface area contributed by atoms with E-state index < -0.39 is 0 Å². The highest BCUT2D eigenvalue weighted by molar-refractivity contribution is 5.47. The topological polar surface area (TPSA) is 15.3 Å². The van der Waals surface area contributed by atoms with Gasteiger partial charge in [0.25, 0.3) is 0 Å². The molecule has 98 valence electrons. The van der Waals surface area contributed by atoms with Gasteiger partial charge in [0.05, 0.1) is 0 Å². The van der Waals surface area contributed by atoms with Gasteiger partial charge in [-0.25, -0.2) is 0 Å². The summed E-state index contributed by atoms with van der Waals surface area (Å²) in [6.45, 7) is 7.02. The average Bonchev–Trinajstić information content (AvgIpc) is 3.11. The molecule has 1 saturated carbocycles. The quantitative estimate of drug-likeness (QED) is 0.872. The van der Waals surface area contributed by atoms with E-state index in [-0.39, 0.29) is 0 Å². The maximum absolute atomic E-state index is 3.71. The van der Waals surface area contributed by atoms with Crippen LogP contribution in [0.3, 0.4) is 0 Å². The van der Waals surface area contributed by atoms with Gasteiger partial charge >= 0.3 is 0 Å². The molecule has 1 aliphatic carbocycles. The first-order valence-corrected chi connectivity index (χ1v) is 7.33. The van der Waals surface area contributed by atoms with E-state index in [9.17, 15) is 0 Å². The zero-order chi connectivity index (χ0) is 12.5. The Bertz CT molecular complexity index is 409. The van der Waals surface area contributed by atoms with E-state index in [1.807, 2.05) is 0 Å². The lowest BCUT2D eigenvalue weighted by molar-refractivity contribution is 0.326. The van der Waals surface area contributed by atoms with Crippen LogP contribution in [0.1, 0.15) is 44.6 Å². The van der Waals surface area contributed by atoms with E-state index in [2.05, 4.69) is 48.3 Å². The van der Waals surface area contributed by atoms with Crippen LogP contribution in [0.2, 0.25) is 0 Å². The minimum absolute atomic E-state index is 0.610. The summed E-state index contributed by atoms with van der Waals surface area (Å²) < 4.78 is 0. The largest absolute Gasteiger partial charge is 0.381 e. The van der Waals surface area contributed by atoms with Crippen LogP contribution < -0.4 is 5.32 Å². The van der Waals surface area contributed by atoms with Gasteiger partial charge in [-0.2, -0.15) is 0 Å². The number of anilines is 1. The maximum Gasteiger partial charge on any atom is 0.0400 e. The Morgan fingerprint density at radius 1 is 1.22 bits per heavy atom. The van der Waals surface area contributed by atoms with Gasteiger partial charge in [-0.05, 0) is 42.9 Å². The number of hydrogen-bond acceptors (Lipinski definition) is 2. The van der Waals surface area contributed by atoms with Gasteiger partial charge in [-0.3, -0.25) is 4.90 Å². The molecular weight excluding hydrogens is 220 g/mol. The molecule has 1 aromatic rings. The molecule has 1 aliphatic heterocycles. The summed E-state index contributed by atoms with van der Waals surface area (Å²) >= 11 is 0. The lowest BCUT2D eigenvalue weighted by Crippen LogP contribution is -2.27. The molecule has 2 fully saturated rings. The molecule has 0 spiro atoms. The summed E-state index contributed by atoms with van der Waals surface area (Å²) in [5.74, 6) is 0.610. The van der Waals surface area contributed by atoms with Gasteiger partial charge in [-0.15, -0.1) is 0 Å². The van der Waals surface area contributed by atoms with Crippen LogP contribution in [0.4, 0.5) is 5.69 Å². The van der Waals surface area contributed by atoms with Crippen LogP contribution in [0, 0.1) is 0 Å². The summed E-state index contributed by atoms with van der Waals surface area (Å²) in [7, 11) is 0. The summed E-state index contributed by atoms with van der Waals surface area (Å²) in [4.78, 5) is 2.66. The monoisotopic (exact) mass is 244 g/mol. The molecule has 3 rings (SSSR count). The molecule has 1 heterocycles. The zero-order valence-corrected chi connectivity index (χ0v) is 11.5. The van der Waals surface area contributed by atoms with Crippen LogP contribution in [0.15, 0.2) is 24.3 Å². The normalized spacial score (nSPS) is 24.7. The van der Waals surface area contributed by atoms with Gasteiger partial charge in [0.2, 0.25) is 0 Å². The van der Waals surface area contributed by atoms with E-state index in [1.165, 1.54) is 43.6 Å². The van der Waals surface area contributed by atoms with Crippen LogP contribution in [-0.2, 0) is 0 Å². The van der Waals surface area contributed by atoms with Crippen molar-refractivity contribution in [2.75, 3.05) is 18.4 Å². The molecular formula is C16H24N2. The predicted molar refractivity (Wildman–Crippen MR) is 77.2 cm³/mol. The lowest BCUT2D eigenvalue weighted by atomic mass is 10.0. The third-order valence-corrected chi connectivity index (χ3v) is 4.21. The van der Waals surface area contributed by atoms with Crippen molar-refractivity contribution >= 4 is 5.69 Å². The molecule has 2 aliphatic rings. The van der Waals surface area contributed by atoms with Crippen molar-refractivity contribution in [1.82, 2.24) is 4.90 Å². The van der Waals surface area contributed by atoms with Crippen molar-refractivity contribution in [1.29, 1.82) is 0 Å². The Hall–Kier alpha value is -1.02. The molecule has 1 saturated heterocycles. The minimum atomic E-state index is 0.610. The highest BCUT2D eigenvalue weighted by atomic mass is 15.2. The summed E-state index contributed by atoms with van der Waals surface area (Å²) in [6, 6.07) is 10.5. The molecule has 1 aromatic carbocycles. The minimum Gasteiger partial charge on any atom is -0.381 e. The van der Waals surface area contributed by atoms with Crippen LogP contribution >= 0.6 is 0 Å². The van der Waals surface area contributed by atoms with Crippen molar-refractivity contribution in [2.45, 2.75) is 51.1 Å². The van der Waals surface area contributed by atoms with Crippen LogP contribution in [0.5, 0.6) is 0 Å².